The number of aliphatic hydroxyl groups excluding tert-OH is 1. The molecule has 0 bridgehead atoms. The van der Waals surface area contributed by atoms with Crippen molar-refractivity contribution < 1.29 is 33.7 Å². The SMILES string of the molecule is CCCCC1O[C@@H]2C[C@H]3[C@@H]4CCC5=CC(=O)CC[C@]5(C)[C@H]4[C@@H](O)C[C@]3(C)[C@]2(C(=O)COC(C)=O)O1. The number of hydrogen-bond donors (Lipinski definition) is 1. The van der Waals surface area contributed by atoms with Crippen molar-refractivity contribution in [1.29, 1.82) is 0 Å². The minimum Gasteiger partial charge on any atom is -0.458 e. The standard InChI is InChI=1S/C28H40O7/c1-5-6-7-24-34-23-13-20-19-9-8-17-12-18(30)10-11-26(17,3)25(19)21(31)14-27(20,4)28(23,35-24)22(32)15-33-16(2)29/h12,19-21,23-25,31H,5-11,13-15H2,1-4H3/t19-,20-,21-,23+,24?,25+,26-,27-,28+/m0/s1. The van der Waals surface area contributed by atoms with Crippen molar-refractivity contribution in [2.75, 3.05) is 6.61 Å². The molecule has 7 heteroatoms. The van der Waals surface area contributed by atoms with E-state index in [0.29, 0.717) is 25.7 Å². The van der Waals surface area contributed by atoms with E-state index in [4.69, 9.17) is 14.2 Å². The molecule has 1 aliphatic heterocycles. The fourth-order valence-corrected chi connectivity index (χ4v) is 8.78. The summed E-state index contributed by atoms with van der Waals surface area (Å²) in [6.07, 6.45) is 7.16. The van der Waals surface area contributed by atoms with Crippen LogP contribution in [0.25, 0.3) is 0 Å². The van der Waals surface area contributed by atoms with E-state index in [-0.39, 0.29) is 41.3 Å². The summed E-state index contributed by atoms with van der Waals surface area (Å²) < 4.78 is 18.2. The molecule has 0 aromatic heterocycles. The molecular formula is C28H40O7. The van der Waals surface area contributed by atoms with Crippen molar-refractivity contribution >= 4 is 17.5 Å². The Hall–Kier alpha value is -1.57. The summed E-state index contributed by atoms with van der Waals surface area (Å²) in [5, 5.41) is 11.7. The van der Waals surface area contributed by atoms with Gasteiger partial charge in [0.1, 0.15) is 0 Å². The van der Waals surface area contributed by atoms with Gasteiger partial charge in [-0.25, -0.2) is 0 Å². The molecule has 0 radical (unpaired) electrons. The Labute approximate surface area is 207 Å². The molecular weight excluding hydrogens is 448 g/mol. The van der Waals surface area contributed by atoms with E-state index in [1.54, 1.807) is 0 Å². The van der Waals surface area contributed by atoms with Gasteiger partial charge in [0.2, 0.25) is 5.78 Å². The molecule has 1 saturated heterocycles. The van der Waals surface area contributed by atoms with Crippen molar-refractivity contribution in [2.24, 2.45) is 28.6 Å². The lowest BCUT2D eigenvalue weighted by molar-refractivity contribution is -0.204. The number of ether oxygens (including phenoxy) is 3. The Morgan fingerprint density at radius 2 is 2.03 bits per heavy atom. The van der Waals surface area contributed by atoms with Crippen LogP contribution < -0.4 is 0 Å². The van der Waals surface area contributed by atoms with Gasteiger partial charge in [0, 0.05) is 18.8 Å². The second-order valence-electron chi connectivity index (χ2n) is 12.1. The first-order chi connectivity index (χ1) is 16.6. The molecule has 194 valence electrons. The summed E-state index contributed by atoms with van der Waals surface area (Å²) in [7, 11) is 0. The molecule has 3 saturated carbocycles. The van der Waals surface area contributed by atoms with E-state index in [0.717, 1.165) is 32.1 Å². The average molecular weight is 489 g/mol. The maximum atomic E-state index is 13.8. The number of Topliss-reactive ketones (excluding diaryl/α,β-unsaturated/α-hetero) is 1. The third kappa shape index (κ3) is 3.59. The molecule has 35 heavy (non-hydrogen) atoms. The number of aliphatic hydroxyl groups is 1. The highest BCUT2D eigenvalue weighted by Crippen LogP contribution is 2.70. The van der Waals surface area contributed by atoms with E-state index in [1.807, 2.05) is 6.08 Å². The highest BCUT2D eigenvalue weighted by atomic mass is 16.7. The number of fused-ring (bicyclic) bond motifs is 7. The first kappa shape index (κ1) is 25.1. The lowest BCUT2D eigenvalue weighted by Gasteiger charge is -2.60. The van der Waals surface area contributed by atoms with Crippen LogP contribution in [0.1, 0.15) is 85.5 Å². The Morgan fingerprint density at radius 3 is 2.74 bits per heavy atom. The number of esters is 1. The van der Waals surface area contributed by atoms with Gasteiger partial charge in [-0.3, -0.25) is 14.4 Å². The Bertz CT molecular complexity index is 942. The first-order valence-electron chi connectivity index (χ1n) is 13.5. The lowest BCUT2D eigenvalue weighted by atomic mass is 9.45. The number of unbranched alkanes of at least 4 members (excludes halogenated alkanes) is 1. The molecule has 0 aromatic rings. The van der Waals surface area contributed by atoms with E-state index in [9.17, 15) is 19.5 Å². The predicted molar refractivity (Wildman–Crippen MR) is 127 cm³/mol. The third-order valence-electron chi connectivity index (χ3n) is 10.3. The van der Waals surface area contributed by atoms with Crippen molar-refractivity contribution in [2.45, 2.75) is 110 Å². The summed E-state index contributed by atoms with van der Waals surface area (Å²) in [6, 6.07) is 0. The number of rotatable bonds is 6. The van der Waals surface area contributed by atoms with Crippen LogP contribution in [-0.4, -0.2) is 53.3 Å². The summed E-state index contributed by atoms with van der Waals surface area (Å²) in [5.41, 5.74) is -0.867. The molecule has 5 rings (SSSR count). The van der Waals surface area contributed by atoms with Crippen molar-refractivity contribution in [1.82, 2.24) is 0 Å². The molecule has 1 N–H and O–H groups in total. The number of allylic oxidation sites excluding steroid dienone is 1. The van der Waals surface area contributed by atoms with Gasteiger partial charge in [0.05, 0.1) is 12.2 Å². The van der Waals surface area contributed by atoms with Crippen LogP contribution in [0.15, 0.2) is 11.6 Å². The van der Waals surface area contributed by atoms with E-state index in [1.165, 1.54) is 12.5 Å². The number of ketones is 2. The fourth-order valence-electron chi connectivity index (χ4n) is 8.78. The molecule has 5 aliphatic rings. The summed E-state index contributed by atoms with van der Waals surface area (Å²) in [4.78, 5) is 37.5. The maximum Gasteiger partial charge on any atom is 0.303 e. The molecule has 0 spiro atoms. The van der Waals surface area contributed by atoms with Crippen molar-refractivity contribution in [3.63, 3.8) is 0 Å². The normalized spacial score (nSPS) is 46.2. The van der Waals surface area contributed by atoms with E-state index < -0.39 is 35.5 Å². The third-order valence-corrected chi connectivity index (χ3v) is 10.3. The van der Waals surface area contributed by atoms with Crippen LogP contribution in [-0.2, 0) is 28.6 Å². The first-order valence-corrected chi connectivity index (χ1v) is 13.5. The molecule has 4 fully saturated rings. The highest BCUT2D eigenvalue weighted by Gasteiger charge is 2.76. The average Bonchev–Trinajstić information content (AvgIpc) is 3.28. The fraction of sp³-hybridized carbons (Fsp3) is 0.821. The summed E-state index contributed by atoms with van der Waals surface area (Å²) in [6.45, 7) is 7.38. The zero-order valence-corrected chi connectivity index (χ0v) is 21.5. The van der Waals surface area contributed by atoms with Crippen LogP contribution in [0.4, 0.5) is 0 Å². The molecule has 4 aliphatic carbocycles. The van der Waals surface area contributed by atoms with Gasteiger partial charge in [-0.2, -0.15) is 0 Å². The van der Waals surface area contributed by atoms with E-state index >= 15 is 0 Å². The van der Waals surface area contributed by atoms with Crippen LogP contribution in [0.3, 0.4) is 0 Å². The number of carbonyl (C=O) groups excluding carboxylic acids is 3. The lowest BCUT2D eigenvalue weighted by Crippen LogP contribution is -2.64. The van der Waals surface area contributed by atoms with Gasteiger partial charge in [-0.05, 0) is 74.2 Å². The van der Waals surface area contributed by atoms with Gasteiger partial charge in [-0.15, -0.1) is 0 Å². The van der Waals surface area contributed by atoms with Crippen LogP contribution in [0.5, 0.6) is 0 Å². The second-order valence-corrected chi connectivity index (χ2v) is 12.1. The zero-order valence-electron chi connectivity index (χ0n) is 21.5. The van der Waals surface area contributed by atoms with Crippen molar-refractivity contribution in [3.8, 4) is 0 Å². The maximum absolute atomic E-state index is 13.8. The molecule has 9 atom stereocenters. The minimum atomic E-state index is -1.23. The highest BCUT2D eigenvalue weighted by molar-refractivity contribution is 5.93. The van der Waals surface area contributed by atoms with Gasteiger partial charge in [0.15, 0.2) is 24.3 Å². The minimum absolute atomic E-state index is 0.0454. The van der Waals surface area contributed by atoms with Gasteiger partial charge in [0.25, 0.3) is 0 Å². The van der Waals surface area contributed by atoms with Gasteiger partial charge in [-0.1, -0.05) is 32.8 Å². The van der Waals surface area contributed by atoms with Crippen LogP contribution in [0, 0.1) is 28.6 Å². The van der Waals surface area contributed by atoms with Gasteiger partial charge < -0.3 is 19.3 Å². The second kappa shape index (κ2) is 8.77. The van der Waals surface area contributed by atoms with E-state index in [2.05, 4.69) is 20.8 Å². The summed E-state index contributed by atoms with van der Waals surface area (Å²) >= 11 is 0. The number of hydrogen-bond acceptors (Lipinski definition) is 7. The van der Waals surface area contributed by atoms with Crippen molar-refractivity contribution in [3.05, 3.63) is 11.6 Å². The molecule has 7 nitrogen and oxygen atoms in total. The Balaban J connectivity index is 1.51. The number of carbonyl (C=O) groups is 3. The quantitative estimate of drug-likeness (QED) is 0.566. The van der Waals surface area contributed by atoms with Gasteiger partial charge >= 0.3 is 5.97 Å². The summed E-state index contributed by atoms with van der Waals surface area (Å²) in [5.74, 6) is -0.157. The predicted octanol–water partition coefficient (Wildman–Crippen LogP) is 3.90. The van der Waals surface area contributed by atoms with Crippen LogP contribution in [0.2, 0.25) is 0 Å². The Kier molecular flexibility index (Phi) is 6.29. The smallest absolute Gasteiger partial charge is 0.303 e. The monoisotopic (exact) mass is 488 g/mol. The molecule has 0 amide bonds. The molecule has 1 unspecified atom stereocenters. The largest absolute Gasteiger partial charge is 0.458 e. The topological polar surface area (TPSA) is 99.1 Å². The molecule has 0 aromatic carbocycles. The van der Waals surface area contributed by atoms with Crippen LogP contribution >= 0.6 is 0 Å². The zero-order chi connectivity index (χ0) is 25.2. The molecule has 1 heterocycles. The Morgan fingerprint density at radius 1 is 1.26 bits per heavy atom.